The van der Waals surface area contributed by atoms with Gasteiger partial charge in [-0.3, -0.25) is 4.79 Å². The molecule has 1 aromatic heterocycles. The number of hydrogen-bond donors (Lipinski definition) is 2. The predicted octanol–water partition coefficient (Wildman–Crippen LogP) is 2.89. The van der Waals surface area contributed by atoms with Gasteiger partial charge >= 0.3 is 0 Å². The van der Waals surface area contributed by atoms with Gasteiger partial charge in [0.2, 0.25) is 0 Å². The molecule has 1 saturated carbocycles. The highest BCUT2D eigenvalue weighted by atomic mass is 32.1. The molecule has 0 bridgehead atoms. The maximum atomic E-state index is 12.2. The fraction of sp³-hybridized carbons (Fsp3) is 0.588. The van der Waals surface area contributed by atoms with Crippen LogP contribution in [-0.2, 0) is 0 Å². The molecule has 0 aromatic carbocycles. The third-order valence-electron chi connectivity index (χ3n) is 5.06. The number of rotatable bonds is 4. The van der Waals surface area contributed by atoms with E-state index in [0.29, 0.717) is 17.2 Å². The number of hydrogen-bond acceptors (Lipinski definition) is 3. The molecule has 0 saturated heterocycles. The summed E-state index contributed by atoms with van der Waals surface area (Å²) in [5.41, 5.74) is 0.577. The molecule has 1 aliphatic rings. The smallest absolute Gasteiger partial charge is 0.261 e. The minimum absolute atomic E-state index is 0.0197. The Morgan fingerprint density at radius 1 is 1.33 bits per heavy atom. The molecule has 0 spiro atoms. The molecule has 4 heteroatoms. The van der Waals surface area contributed by atoms with Crippen LogP contribution < -0.4 is 5.32 Å². The Labute approximate surface area is 130 Å². The SMILES string of the molecule is CC1(C)C(CNC(=O)c2ccc(C#CCCO)s2)C1(C)C. The molecule has 0 aliphatic heterocycles. The maximum absolute atomic E-state index is 12.2. The van der Waals surface area contributed by atoms with Crippen LogP contribution in [0.15, 0.2) is 12.1 Å². The van der Waals surface area contributed by atoms with E-state index in [1.807, 2.05) is 12.1 Å². The number of thiophene rings is 1. The Morgan fingerprint density at radius 3 is 2.57 bits per heavy atom. The Kier molecular flexibility index (Phi) is 4.46. The molecular formula is C17H23NO2S. The van der Waals surface area contributed by atoms with Gasteiger partial charge in [0.1, 0.15) is 0 Å². The van der Waals surface area contributed by atoms with Gasteiger partial charge in [-0.1, -0.05) is 39.5 Å². The second-order valence-electron chi connectivity index (χ2n) is 6.65. The van der Waals surface area contributed by atoms with Gasteiger partial charge in [0.15, 0.2) is 0 Å². The van der Waals surface area contributed by atoms with E-state index in [1.165, 1.54) is 11.3 Å². The highest BCUT2D eigenvalue weighted by Crippen LogP contribution is 2.67. The largest absolute Gasteiger partial charge is 0.395 e. The Balaban J connectivity index is 1.89. The second-order valence-corrected chi connectivity index (χ2v) is 7.73. The summed E-state index contributed by atoms with van der Waals surface area (Å²) >= 11 is 1.40. The first-order chi connectivity index (χ1) is 9.80. The van der Waals surface area contributed by atoms with Crippen LogP contribution in [0, 0.1) is 28.6 Å². The van der Waals surface area contributed by atoms with E-state index in [1.54, 1.807) is 0 Å². The highest BCUT2D eigenvalue weighted by molar-refractivity contribution is 7.14. The van der Waals surface area contributed by atoms with Crippen molar-refractivity contribution in [3.63, 3.8) is 0 Å². The molecule has 0 unspecified atom stereocenters. The van der Waals surface area contributed by atoms with E-state index in [4.69, 9.17) is 5.11 Å². The second kappa shape index (κ2) is 5.82. The summed E-state index contributed by atoms with van der Waals surface area (Å²) in [5.74, 6) is 6.32. The van der Waals surface area contributed by atoms with Crippen LogP contribution in [0.2, 0.25) is 0 Å². The van der Waals surface area contributed by atoms with E-state index in [-0.39, 0.29) is 23.3 Å². The van der Waals surface area contributed by atoms with Gasteiger partial charge < -0.3 is 10.4 Å². The topological polar surface area (TPSA) is 49.3 Å². The molecule has 21 heavy (non-hydrogen) atoms. The highest BCUT2D eigenvalue weighted by Gasteiger charge is 2.64. The van der Waals surface area contributed by atoms with Gasteiger partial charge in [0.25, 0.3) is 5.91 Å². The Morgan fingerprint density at radius 2 is 2.00 bits per heavy atom. The van der Waals surface area contributed by atoms with E-state index in [0.717, 1.165) is 11.4 Å². The van der Waals surface area contributed by atoms with Crippen molar-refractivity contribution in [2.45, 2.75) is 34.1 Å². The summed E-state index contributed by atoms with van der Waals surface area (Å²) < 4.78 is 0. The molecule has 114 valence electrons. The van der Waals surface area contributed by atoms with Crippen molar-refractivity contribution in [1.82, 2.24) is 5.32 Å². The zero-order valence-corrected chi connectivity index (χ0v) is 13.9. The summed E-state index contributed by atoms with van der Waals surface area (Å²) in [4.78, 5) is 13.7. The van der Waals surface area contributed by atoms with Crippen LogP contribution in [0.25, 0.3) is 0 Å². The molecular weight excluding hydrogens is 282 g/mol. The lowest BCUT2D eigenvalue weighted by Crippen LogP contribution is -2.26. The van der Waals surface area contributed by atoms with Crippen molar-refractivity contribution in [1.29, 1.82) is 0 Å². The monoisotopic (exact) mass is 305 g/mol. The van der Waals surface area contributed by atoms with Crippen LogP contribution in [0.1, 0.15) is 48.7 Å². The van der Waals surface area contributed by atoms with Crippen LogP contribution >= 0.6 is 11.3 Å². The minimum atomic E-state index is -0.0197. The Hall–Kier alpha value is -1.31. The zero-order valence-electron chi connectivity index (χ0n) is 13.1. The van der Waals surface area contributed by atoms with Gasteiger partial charge in [-0.05, 0) is 28.9 Å². The molecule has 1 aliphatic carbocycles. The maximum Gasteiger partial charge on any atom is 0.261 e. The molecule has 2 N–H and O–H groups in total. The predicted molar refractivity (Wildman–Crippen MR) is 86.3 cm³/mol. The van der Waals surface area contributed by atoms with Crippen molar-refractivity contribution in [3.8, 4) is 11.8 Å². The van der Waals surface area contributed by atoms with Crippen LogP contribution in [0.5, 0.6) is 0 Å². The van der Waals surface area contributed by atoms with E-state index in [2.05, 4.69) is 44.9 Å². The first-order valence-corrected chi connectivity index (χ1v) is 8.10. The van der Waals surface area contributed by atoms with Crippen LogP contribution in [-0.4, -0.2) is 24.2 Å². The van der Waals surface area contributed by atoms with E-state index < -0.39 is 0 Å². The number of aliphatic hydroxyl groups is 1. The van der Waals surface area contributed by atoms with Gasteiger partial charge in [0.05, 0.1) is 16.4 Å². The van der Waals surface area contributed by atoms with Crippen molar-refractivity contribution in [2.24, 2.45) is 16.7 Å². The molecule has 0 radical (unpaired) electrons. The van der Waals surface area contributed by atoms with Crippen molar-refractivity contribution in [3.05, 3.63) is 21.9 Å². The molecule has 0 atom stereocenters. The number of carbonyl (C=O) groups is 1. The molecule has 1 amide bonds. The lowest BCUT2D eigenvalue weighted by molar-refractivity contribution is 0.0954. The summed E-state index contributed by atoms with van der Waals surface area (Å²) in [5, 5.41) is 11.7. The van der Waals surface area contributed by atoms with Gasteiger partial charge in [-0.15, -0.1) is 11.3 Å². The normalized spacial score (nSPS) is 18.7. The lowest BCUT2D eigenvalue weighted by atomic mass is 10.0. The molecule has 1 fully saturated rings. The summed E-state index contributed by atoms with van der Waals surface area (Å²) in [6.45, 7) is 9.81. The molecule has 2 rings (SSSR count). The lowest BCUT2D eigenvalue weighted by Gasteiger charge is -2.04. The summed E-state index contributed by atoms with van der Waals surface area (Å²) in [6, 6.07) is 3.67. The summed E-state index contributed by atoms with van der Waals surface area (Å²) in [7, 11) is 0. The quantitative estimate of drug-likeness (QED) is 0.840. The minimum Gasteiger partial charge on any atom is -0.395 e. The van der Waals surface area contributed by atoms with Crippen LogP contribution in [0.3, 0.4) is 0 Å². The average molecular weight is 305 g/mol. The van der Waals surface area contributed by atoms with Crippen LogP contribution in [0.4, 0.5) is 0 Å². The van der Waals surface area contributed by atoms with Crippen molar-refractivity contribution < 1.29 is 9.90 Å². The first kappa shape index (κ1) is 16.1. The molecule has 3 nitrogen and oxygen atoms in total. The third kappa shape index (κ3) is 3.14. The Bertz CT molecular complexity index is 575. The van der Waals surface area contributed by atoms with Crippen molar-refractivity contribution >= 4 is 17.2 Å². The standard InChI is InChI=1S/C17H23NO2S/c1-16(2)14(17(16,3)4)11-18-15(20)13-9-8-12(21-13)7-5-6-10-19/h8-9,14,19H,6,10-11H2,1-4H3,(H,18,20). The molecule has 1 heterocycles. The van der Waals surface area contributed by atoms with E-state index >= 15 is 0 Å². The first-order valence-electron chi connectivity index (χ1n) is 7.28. The van der Waals surface area contributed by atoms with Gasteiger partial charge in [0, 0.05) is 13.0 Å². The number of carbonyl (C=O) groups excluding carboxylic acids is 1. The van der Waals surface area contributed by atoms with Gasteiger partial charge in [-0.25, -0.2) is 0 Å². The zero-order chi connectivity index (χ0) is 15.7. The fourth-order valence-electron chi connectivity index (χ4n) is 2.86. The average Bonchev–Trinajstić information content (AvgIpc) is 2.76. The summed E-state index contributed by atoms with van der Waals surface area (Å²) in [6.07, 6.45) is 0.464. The van der Waals surface area contributed by atoms with Crippen molar-refractivity contribution in [2.75, 3.05) is 13.2 Å². The molecule has 1 aromatic rings. The number of nitrogens with one attached hydrogen (secondary N) is 1. The fourth-order valence-corrected chi connectivity index (χ4v) is 3.66. The third-order valence-corrected chi connectivity index (χ3v) is 6.06. The van der Waals surface area contributed by atoms with Gasteiger partial charge in [-0.2, -0.15) is 0 Å². The number of aliphatic hydroxyl groups excluding tert-OH is 1. The number of amides is 1. The van der Waals surface area contributed by atoms with E-state index in [9.17, 15) is 4.79 Å².